The second kappa shape index (κ2) is 3.28. The first-order chi connectivity index (χ1) is 5.54. The van der Waals surface area contributed by atoms with E-state index >= 15 is 0 Å². The van der Waals surface area contributed by atoms with E-state index in [1.54, 1.807) is 0 Å². The first kappa shape index (κ1) is 9.27. The van der Waals surface area contributed by atoms with E-state index in [9.17, 15) is 0 Å². The number of aliphatic hydroxyl groups is 1. The summed E-state index contributed by atoms with van der Waals surface area (Å²) in [5.74, 6) is 0. The van der Waals surface area contributed by atoms with Crippen molar-refractivity contribution in [2.24, 2.45) is 0 Å². The molecule has 0 saturated heterocycles. The molecule has 0 atom stereocenters. The maximum atomic E-state index is 8.80. The van der Waals surface area contributed by atoms with Crippen molar-refractivity contribution in [3.05, 3.63) is 42.0 Å². The molecule has 65 valence electrons. The predicted molar refractivity (Wildman–Crippen MR) is 50.5 cm³/mol. The SMILES string of the molecule is CC(C)(C)c1cccc([CH]O)c1. The fourth-order valence-electron chi connectivity index (χ4n) is 1.09. The number of hydrogen-bond donors (Lipinski definition) is 1. The van der Waals surface area contributed by atoms with Gasteiger partial charge in [0.1, 0.15) is 6.61 Å². The zero-order chi connectivity index (χ0) is 9.19. The number of rotatable bonds is 1. The van der Waals surface area contributed by atoms with Crippen LogP contribution in [0.25, 0.3) is 0 Å². The van der Waals surface area contributed by atoms with Crippen LogP contribution in [0.4, 0.5) is 0 Å². The van der Waals surface area contributed by atoms with Crippen molar-refractivity contribution in [3.8, 4) is 0 Å². The Labute approximate surface area is 74.1 Å². The molecule has 1 N–H and O–H groups in total. The maximum absolute atomic E-state index is 8.80. The smallest absolute Gasteiger partial charge is 0.109 e. The van der Waals surface area contributed by atoms with E-state index in [1.807, 2.05) is 18.2 Å². The quantitative estimate of drug-likeness (QED) is 0.675. The van der Waals surface area contributed by atoms with Crippen molar-refractivity contribution < 1.29 is 5.11 Å². The third-order valence-electron chi connectivity index (χ3n) is 1.90. The Balaban J connectivity index is 3.02. The second-order valence-electron chi connectivity index (χ2n) is 4.00. The molecule has 0 bridgehead atoms. The zero-order valence-electron chi connectivity index (χ0n) is 7.83. The van der Waals surface area contributed by atoms with Crippen LogP contribution < -0.4 is 0 Å². The minimum atomic E-state index is 0.152. The van der Waals surface area contributed by atoms with Gasteiger partial charge in [0.15, 0.2) is 0 Å². The fourth-order valence-corrected chi connectivity index (χ4v) is 1.09. The van der Waals surface area contributed by atoms with Gasteiger partial charge in [0, 0.05) is 0 Å². The van der Waals surface area contributed by atoms with Crippen LogP contribution in [-0.2, 0) is 5.41 Å². The summed E-state index contributed by atoms with van der Waals surface area (Å²) in [5, 5.41) is 8.80. The highest BCUT2D eigenvalue weighted by atomic mass is 16.3. The summed E-state index contributed by atoms with van der Waals surface area (Å²) in [6, 6.07) is 7.92. The van der Waals surface area contributed by atoms with E-state index in [2.05, 4.69) is 26.8 Å². The molecule has 0 saturated carbocycles. The molecule has 0 unspecified atom stereocenters. The maximum Gasteiger partial charge on any atom is 0.109 e. The zero-order valence-corrected chi connectivity index (χ0v) is 7.83. The number of aliphatic hydroxyl groups excluding tert-OH is 1. The van der Waals surface area contributed by atoms with E-state index < -0.39 is 0 Å². The summed E-state index contributed by atoms with van der Waals surface area (Å²) in [6.07, 6.45) is 0. The van der Waals surface area contributed by atoms with Gasteiger partial charge in [-0.2, -0.15) is 0 Å². The van der Waals surface area contributed by atoms with Gasteiger partial charge >= 0.3 is 0 Å². The van der Waals surface area contributed by atoms with Crippen LogP contribution in [0.2, 0.25) is 0 Å². The van der Waals surface area contributed by atoms with Crippen LogP contribution in [0.5, 0.6) is 0 Å². The monoisotopic (exact) mass is 163 g/mol. The Kier molecular flexibility index (Phi) is 2.53. The Hall–Kier alpha value is -0.820. The van der Waals surface area contributed by atoms with Gasteiger partial charge in [-0.1, -0.05) is 45.0 Å². The topological polar surface area (TPSA) is 20.2 Å². The molecule has 1 radical (unpaired) electrons. The molecule has 0 aliphatic heterocycles. The highest BCUT2D eigenvalue weighted by Crippen LogP contribution is 2.22. The molecule has 0 heterocycles. The second-order valence-corrected chi connectivity index (χ2v) is 4.00. The molecule has 1 aromatic rings. The first-order valence-corrected chi connectivity index (χ1v) is 4.12. The average Bonchev–Trinajstić information content (AvgIpc) is 2.03. The first-order valence-electron chi connectivity index (χ1n) is 4.12. The number of hydrogen-bond acceptors (Lipinski definition) is 1. The highest BCUT2D eigenvalue weighted by Gasteiger charge is 2.12. The lowest BCUT2D eigenvalue weighted by atomic mass is 9.86. The van der Waals surface area contributed by atoms with Gasteiger partial charge < -0.3 is 5.11 Å². The average molecular weight is 163 g/mol. The van der Waals surface area contributed by atoms with Crippen molar-refractivity contribution in [2.75, 3.05) is 0 Å². The molecular formula is C11H15O. The van der Waals surface area contributed by atoms with E-state index in [0.29, 0.717) is 0 Å². The normalized spacial score (nSPS) is 11.7. The minimum Gasteiger partial charge on any atom is -0.385 e. The van der Waals surface area contributed by atoms with Crippen molar-refractivity contribution in [3.63, 3.8) is 0 Å². The minimum absolute atomic E-state index is 0.152. The van der Waals surface area contributed by atoms with E-state index in [1.165, 1.54) is 5.56 Å². The molecule has 0 aliphatic carbocycles. The summed E-state index contributed by atoms with van der Waals surface area (Å²) in [5.41, 5.74) is 2.26. The summed E-state index contributed by atoms with van der Waals surface area (Å²) in [7, 11) is 0. The Bertz CT molecular complexity index is 258. The Morgan fingerprint density at radius 2 is 1.92 bits per heavy atom. The summed E-state index contributed by atoms with van der Waals surface area (Å²) < 4.78 is 0. The summed E-state index contributed by atoms with van der Waals surface area (Å²) in [4.78, 5) is 0. The standard InChI is InChI=1S/C11H15O/c1-11(2,3)10-6-4-5-9(7-10)8-12/h4-8,12H,1-3H3. The lowest BCUT2D eigenvalue weighted by Gasteiger charge is -2.19. The van der Waals surface area contributed by atoms with Gasteiger partial charge in [-0.15, -0.1) is 0 Å². The molecular weight excluding hydrogens is 148 g/mol. The summed E-state index contributed by atoms with van der Waals surface area (Å²) in [6.45, 7) is 7.60. The Morgan fingerprint density at radius 3 is 2.42 bits per heavy atom. The van der Waals surface area contributed by atoms with Crippen LogP contribution in [0.1, 0.15) is 31.9 Å². The molecule has 0 aliphatic rings. The van der Waals surface area contributed by atoms with Gasteiger partial charge in [-0.3, -0.25) is 0 Å². The lowest BCUT2D eigenvalue weighted by Crippen LogP contribution is -2.10. The number of benzene rings is 1. The van der Waals surface area contributed by atoms with Gasteiger partial charge in [0.2, 0.25) is 0 Å². The van der Waals surface area contributed by atoms with E-state index in [4.69, 9.17) is 5.11 Å². The molecule has 1 heteroatoms. The van der Waals surface area contributed by atoms with Crippen LogP contribution >= 0.6 is 0 Å². The van der Waals surface area contributed by atoms with Crippen LogP contribution in [0.3, 0.4) is 0 Å². The van der Waals surface area contributed by atoms with Crippen LogP contribution in [0, 0.1) is 6.61 Å². The third kappa shape index (κ3) is 2.08. The summed E-state index contributed by atoms with van der Waals surface area (Å²) >= 11 is 0. The van der Waals surface area contributed by atoms with E-state index in [0.717, 1.165) is 12.2 Å². The Morgan fingerprint density at radius 1 is 1.25 bits per heavy atom. The fraction of sp³-hybridized carbons (Fsp3) is 0.364. The van der Waals surface area contributed by atoms with Gasteiger partial charge in [0.05, 0.1) is 0 Å². The molecule has 1 nitrogen and oxygen atoms in total. The third-order valence-corrected chi connectivity index (χ3v) is 1.90. The van der Waals surface area contributed by atoms with Crippen molar-refractivity contribution >= 4 is 0 Å². The van der Waals surface area contributed by atoms with Crippen molar-refractivity contribution in [1.29, 1.82) is 0 Å². The molecule has 12 heavy (non-hydrogen) atoms. The molecule has 0 fully saturated rings. The molecule has 1 aromatic carbocycles. The largest absolute Gasteiger partial charge is 0.385 e. The van der Waals surface area contributed by atoms with Crippen molar-refractivity contribution in [2.45, 2.75) is 26.2 Å². The van der Waals surface area contributed by atoms with Gasteiger partial charge in [0.25, 0.3) is 0 Å². The lowest BCUT2D eigenvalue weighted by molar-refractivity contribution is 0.414. The van der Waals surface area contributed by atoms with Crippen LogP contribution in [0.15, 0.2) is 24.3 Å². The molecule has 0 spiro atoms. The predicted octanol–water partition coefficient (Wildman–Crippen LogP) is 2.87. The van der Waals surface area contributed by atoms with E-state index in [-0.39, 0.29) is 5.41 Å². The molecule has 1 rings (SSSR count). The molecule has 0 aromatic heterocycles. The molecule has 0 amide bonds. The van der Waals surface area contributed by atoms with Gasteiger partial charge in [-0.05, 0) is 16.5 Å². The van der Waals surface area contributed by atoms with Gasteiger partial charge in [-0.25, -0.2) is 0 Å². The van der Waals surface area contributed by atoms with Crippen LogP contribution in [-0.4, -0.2) is 5.11 Å². The van der Waals surface area contributed by atoms with Crippen molar-refractivity contribution in [1.82, 2.24) is 0 Å². The highest BCUT2D eigenvalue weighted by molar-refractivity contribution is 5.30.